The van der Waals surface area contributed by atoms with Gasteiger partial charge in [0, 0.05) is 16.7 Å². The number of carbonyl (C=O) groups excluding carboxylic acids is 2. The molecule has 0 aliphatic heterocycles. The largest absolute Gasteiger partial charge is 0.441 e. The van der Waals surface area contributed by atoms with Crippen molar-refractivity contribution in [3.05, 3.63) is 46.0 Å². The van der Waals surface area contributed by atoms with Crippen LogP contribution in [-0.2, 0) is 15.5 Å². The molecule has 7 heteroatoms. The third kappa shape index (κ3) is 2.10. The highest BCUT2D eigenvalue weighted by Crippen LogP contribution is 2.45. The molecule has 0 saturated carbocycles. The lowest BCUT2D eigenvalue weighted by Gasteiger charge is -2.31. The average Bonchev–Trinajstić information content (AvgIpc) is 2.89. The van der Waals surface area contributed by atoms with Crippen LogP contribution < -0.4 is 0 Å². The number of carbonyl (C=O) groups is 2. The molecule has 1 N–H and O–H groups in total. The van der Waals surface area contributed by atoms with Gasteiger partial charge in [0.05, 0.1) is 5.56 Å². The highest BCUT2D eigenvalue weighted by Gasteiger charge is 2.41. The molecule has 6 nitrogen and oxygen atoms in total. The normalized spacial score (nSPS) is 17.7. The Kier molecular flexibility index (Phi) is 3.27. The molecule has 1 heterocycles. The molecule has 4 rings (SSSR count). The molecule has 1 aromatic heterocycles. The van der Waals surface area contributed by atoms with Crippen molar-refractivity contribution in [2.75, 3.05) is 0 Å². The highest BCUT2D eigenvalue weighted by atomic mass is 32.2. The van der Waals surface area contributed by atoms with Crippen LogP contribution in [0.25, 0.3) is 17.4 Å². The van der Waals surface area contributed by atoms with Gasteiger partial charge in [0.25, 0.3) is 0 Å². The van der Waals surface area contributed by atoms with E-state index in [1.54, 1.807) is 6.07 Å². The zero-order valence-corrected chi connectivity index (χ0v) is 15.2. The first-order valence-corrected chi connectivity index (χ1v) is 9.52. The fourth-order valence-corrected chi connectivity index (χ4v) is 4.50. The van der Waals surface area contributed by atoms with Crippen LogP contribution in [0, 0.1) is 6.92 Å². The first-order valence-electron chi connectivity index (χ1n) is 8.08. The summed E-state index contributed by atoms with van der Waals surface area (Å²) in [4.78, 5) is 25.5. The van der Waals surface area contributed by atoms with Gasteiger partial charge in [-0.05, 0) is 29.9 Å². The number of ketones is 2. The summed E-state index contributed by atoms with van der Waals surface area (Å²) in [6, 6.07) is 3.55. The second-order valence-corrected chi connectivity index (χ2v) is 8.61. The van der Waals surface area contributed by atoms with Gasteiger partial charge in [-0.3, -0.25) is 14.1 Å². The van der Waals surface area contributed by atoms with E-state index in [4.69, 9.17) is 4.42 Å². The lowest BCUT2D eigenvalue weighted by atomic mass is 9.72. The summed E-state index contributed by atoms with van der Waals surface area (Å²) >= 11 is 0. The number of fused-ring (bicyclic) bond motifs is 5. The number of hydrogen-bond acceptors (Lipinski definition) is 5. The van der Waals surface area contributed by atoms with Crippen molar-refractivity contribution >= 4 is 27.8 Å². The zero-order valence-electron chi connectivity index (χ0n) is 14.4. The zero-order chi connectivity index (χ0) is 19.0. The van der Waals surface area contributed by atoms with E-state index in [1.165, 1.54) is 6.92 Å². The Morgan fingerprint density at radius 3 is 2.42 bits per heavy atom. The van der Waals surface area contributed by atoms with Crippen molar-refractivity contribution in [1.82, 2.24) is 0 Å². The molecular formula is C19H16O6S. The number of rotatable bonds is 1. The first kappa shape index (κ1) is 16.9. The molecular weight excluding hydrogens is 356 g/mol. The standard InChI is InChI=1S/C19H16O6S/c1-9-13-15(20)16(21)14-10-5-4-8-19(2,3)12(10)7-6-11(14)17(13)25-18(9)26(22,23)24/h4-7H,8H2,1-3H3,(H,22,23,24). The Morgan fingerprint density at radius 1 is 1.12 bits per heavy atom. The van der Waals surface area contributed by atoms with Crippen LogP contribution in [0.3, 0.4) is 0 Å². The van der Waals surface area contributed by atoms with Crippen molar-refractivity contribution < 1.29 is 27.0 Å². The van der Waals surface area contributed by atoms with Gasteiger partial charge < -0.3 is 4.42 Å². The van der Waals surface area contributed by atoms with Gasteiger partial charge in [0.1, 0.15) is 5.76 Å². The number of hydrogen-bond donors (Lipinski definition) is 1. The first-order chi connectivity index (χ1) is 12.0. The van der Waals surface area contributed by atoms with Crippen LogP contribution in [0.2, 0.25) is 0 Å². The van der Waals surface area contributed by atoms with Crippen molar-refractivity contribution in [3.8, 4) is 11.3 Å². The minimum absolute atomic E-state index is 0.00862. The summed E-state index contributed by atoms with van der Waals surface area (Å²) in [5.74, 6) is -1.51. The monoisotopic (exact) mass is 372 g/mol. The smallest absolute Gasteiger partial charge is 0.328 e. The second-order valence-electron chi connectivity index (χ2n) is 7.29. The molecule has 0 bridgehead atoms. The molecule has 2 aliphatic rings. The fraction of sp³-hybridized carbons (Fsp3) is 0.263. The Bertz CT molecular complexity index is 1150. The van der Waals surface area contributed by atoms with E-state index >= 15 is 0 Å². The van der Waals surface area contributed by atoms with Gasteiger partial charge in [0.2, 0.25) is 16.7 Å². The summed E-state index contributed by atoms with van der Waals surface area (Å²) in [6.07, 6.45) is 4.57. The van der Waals surface area contributed by atoms with Gasteiger partial charge in [-0.25, -0.2) is 0 Å². The fourth-order valence-electron chi connectivity index (χ4n) is 3.83. The SMILES string of the molecule is Cc1c(S(=O)(=O)O)oc2c1C(=O)C(=O)c1c-2ccc2c1C=CCC2(C)C. The summed E-state index contributed by atoms with van der Waals surface area (Å²) in [5, 5.41) is -0.704. The molecule has 134 valence electrons. The molecule has 0 atom stereocenters. The van der Waals surface area contributed by atoms with Gasteiger partial charge in [-0.1, -0.05) is 38.1 Å². The molecule has 0 amide bonds. The van der Waals surface area contributed by atoms with Crippen LogP contribution >= 0.6 is 0 Å². The highest BCUT2D eigenvalue weighted by molar-refractivity contribution is 7.85. The predicted molar refractivity (Wildman–Crippen MR) is 94.0 cm³/mol. The summed E-state index contributed by atoms with van der Waals surface area (Å²) in [5.41, 5.74) is 1.84. The van der Waals surface area contributed by atoms with E-state index in [0.29, 0.717) is 11.1 Å². The molecule has 2 aromatic rings. The molecule has 0 saturated heterocycles. The van der Waals surface area contributed by atoms with Crippen LogP contribution in [-0.4, -0.2) is 24.5 Å². The molecule has 2 aliphatic carbocycles. The maximum Gasteiger partial charge on any atom is 0.328 e. The minimum atomic E-state index is -4.65. The molecule has 0 radical (unpaired) electrons. The van der Waals surface area contributed by atoms with E-state index in [2.05, 4.69) is 13.8 Å². The Balaban J connectivity index is 2.10. The van der Waals surface area contributed by atoms with Crippen molar-refractivity contribution in [3.63, 3.8) is 0 Å². The van der Waals surface area contributed by atoms with E-state index in [-0.39, 0.29) is 27.9 Å². The summed E-state index contributed by atoms with van der Waals surface area (Å²) in [6.45, 7) is 5.44. The van der Waals surface area contributed by atoms with Gasteiger partial charge in [0.15, 0.2) is 0 Å². The molecule has 1 aromatic carbocycles. The third-order valence-electron chi connectivity index (χ3n) is 5.13. The Hall–Kier alpha value is -2.51. The maximum absolute atomic E-state index is 12.8. The summed E-state index contributed by atoms with van der Waals surface area (Å²) < 4.78 is 37.8. The van der Waals surface area contributed by atoms with E-state index in [9.17, 15) is 22.6 Å². The number of Topliss-reactive ketones (excluding diaryl/α,β-unsaturated/α-hetero) is 2. The predicted octanol–water partition coefficient (Wildman–Crippen LogP) is 3.58. The average molecular weight is 372 g/mol. The Morgan fingerprint density at radius 2 is 1.77 bits per heavy atom. The quantitative estimate of drug-likeness (QED) is 0.606. The molecule has 0 spiro atoms. The Labute approximate surface area is 150 Å². The molecule has 26 heavy (non-hydrogen) atoms. The minimum Gasteiger partial charge on any atom is -0.441 e. The lowest BCUT2D eigenvalue weighted by Crippen LogP contribution is -2.26. The van der Waals surface area contributed by atoms with E-state index < -0.39 is 26.8 Å². The topological polar surface area (TPSA) is 102 Å². The third-order valence-corrected chi connectivity index (χ3v) is 5.99. The van der Waals surface area contributed by atoms with Crippen molar-refractivity contribution in [2.45, 2.75) is 37.7 Å². The molecule has 0 unspecified atom stereocenters. The lowest BCUT2D eigenvalue weighted by molar-refractivity contribution is 0.0814. The van der Waals surface area contributed by atoms with Crippen molar-refractivity contribution in [1.29, 1.82) is 0 Å². The van der Waals surface area contributed by atoms with Gasteiger partial charge in [-0.2, -0.15) is 8.42 Å². The van der Waals surface area contributed by atoms with E-state index in [0.717, 1.165) is 12.0 Å². The van der Waals surface area contributed by atoms with Crippen molar-refractivity contribution in [2.24, 2.45) is 0 Å². The second kappa shape index (κ2) is 5.02. The number of benzene rings is 1. The van der Waals surface area contributed by atoms with Gasteiger partial charge in [-0.15, -0.1) is 0 Å². The maximum atomic E-state index is 12.8. The van der Waals surface area contributed by atoms with Crippen LogP contribution in [0.4, 0.5) is 0 Å². The number of furan rings is 1. The van der Waals surface area contributed by atoms with Crippen LogP contribution in [0.15, 0.2) is 27.7 Å². The van der Waals surface area contributed by atoms with Crippen LogP contribution in [0.1, 0.15) is 57.7 Å². The van der Waals surface area contributed by atoms with Gasteiger partial charge >= 0.3 is 10.1 Å². The molecule has 0 fully saturated rings. The summed E-state index contributed by atoms with van der Waals surface area (Å²) in [7, 11) is -4.65. The van der Waals surface area contributed by atoms with Crippen LogP contribution in [0.5, 0.6) is 0 Å². The van der Waals surface area contributed by atoms with E-state index in [1.807, 2.05) is 18.2 Å². The number of allylic oxidation sites excluding steroid dienone is 1.